The Kier molecular flexibility index (Phi) is 1.91. The quantitative estimate of drug-likeness (QED) is 0.623. The second-order valence-electron chi connectivity index (χ2n) is 3.66. The molecule has 2 nitrogen and oxygen atoms in total. The summed E-state index contributed by atoms with van der Waals surface area (Å²) in [7, 11) is 0. The van der Waals surface area contributed by atoms with Crippen molar-refractivity contribution in [3.05, 3.63) is 17.5 Å². The first-order valence-electron chi connectivity index (χ1n) is 4.87. The van der Waals surface area contributed by atoms with E-state index in [0.717, 1.165) is 12.5 Å². The van der Waals surface area contributed by atoms with Crippen molar-refractivity contribution in [2.45, 2.75) is 45.6 Å². The van der Waals surface area contributed by atoms with Crippen LogP contribution >= 0.6 is 0 Å². The molecule has 0 aliphatic heterocycles. The van der Waals surface area contributed by atoms with Crippen molar-refractivity contribution in [3.8, 4) is 0 Å². The van der Waals surface area contributed by atoms with Gasteiger partial charge in [0.15, 0.2) is 0 Å². The maximum Gasteiger partial charge on any atom is 0.0527 e. The second kappa shape index (κ2) is 2.92. The lowest BCUT2D eigenvalue weighted by Crippen LogP contribution is -2.10. The Bertz CT molecular complexity index is 275. The molecule has 12 heavy (non-hydrogen) atoms. The molecule has 0 radical (unpaired) electrons. The van der Waals surface area contributed by atoms with Crippen molar-refractivity contribution >= 4 is 0 Å². The Balaban J connectivity index is 2.41. The molecule has 0 amide bonds. The van der Waals surface area contributed by atoms with Crippen LogP contribution in [0.2, 0.25) is 0 Å². The third-order valence-corrected chi connectivity index (χ3v) is 2.86. The molecule has 0 aromatic carbocycles. The summed E-state index contributed by atoms with van der Waals surface area (Å²) in [6.07, 6.45) is 5.96. The molecule has 0 saturated carbocycles. The summed E-state index contributed by atoms with van der Waals surface area (Å²) in [5.41, 5.74) is 2.97. The third kappa shape index (κ3) is 1.06. The summed E-state index contributed by atoms with van der Waals surface area (Å²) in [6.45, 7) is 5.48. The standard InChI is InChI=1S/C10H16N2/c1-3-12-10-6-4-5-8(2)9(10)7-11-12/h7-8H,3-6H2,1-2H3. The number of hydrogen-bond donors (Lipinski definition) is 0. The Labute approximate surface area is 73.6 Å². The molecule has 1 aliphatic carbocycles. The van der Waals surface area contributed by atoms with Crippen LogP contribution in [0.15, 0.2) is 6.20 Å². The smallest absolute Gasteiger partial charge is 0.0527 e. The summed E-state index contributed by atoms with van der Waals surface area (Å²) < 4.78 is 2.14. The lowest BCUT2D eigenvalue weighted by atomic mass is 9.89. The van der Waals surface area contributed by atoms with E-state index in [0.29, 0.717) is 0 Å². The molecule has 1 aliphatic rings. The zero-order valence-corrected chi connectivity index (χ0v) is 7.88. The average molecular weight is 164 g/mol. The summed E-state index contributed by atoms with van der Waals surface area (Å²) >= 11 is 0. The van der Waals surface area contributed by atoms with E-state index >= 15 is 0 Å². The van der Waals surface area contributed by atoms with E-state index in [1.54, 1.807) is 0 Å². The van der Waals surface area contributed by atoms with Gasteiger partial charge in [0.25, 0.3) is 0 Å². The van der Waals surface area contributed by atoms with Crippen molar-refractivity contribution in [3.63, 3.8) is 0 Å². The molecule has 2 rings (SSSR count). The van der Waals surface area contributed by atoms with E-state index < -0.39 is 0 Å². The zero-order chi connectivity index (χ0) is 8.55. The highest BCUT2D eigenvalue weighted by molar-refractivity contribution is 5.24. The maximum absolute atomic E-state index is 4.38. The van der Waals surface area contributed by atoms with Gasteiger partial charge in [0.1, 0.15) is 0 Å². The second-order valence-corrected chi connectivity index (χ2v) is 3.66. The lowest BCUT2D eigenvalue weighted by Gasteiger charge is -2.18. The van der Waals surface area contributed by atoms with Crippen LogP contribution in [0, 0.1) is 0 Å². The van der Waals surface area contributed by atoms with Crippen LogP contribution in [-0.4, -0.2) is 9.78 Å². The molecular formula is C10H16N2. The topological polar surface area (TPSA) is 17.8 Å². The molecule has 0 bridgehead atoms. The van der Waals surface area contributed by atoms with Gasteiger partial charge in [0.05, 0.1) is 6.20 Å². The Morgan fingerprint density at radius 2 is 2.50 bits per heavy atom. The Morgan fingerprint density at radius 1 is 1.67 bits per heavy atom. The Hall–Kier alpha value is -0.790. The zero-order valence-electron chi connectivity index (χ0n) is 7.88. The van der Waals surface area contributed by atoms with Crippen molar-refractivity contribution < 1.29 is 0 Å². The highest BCUT2D eigenvalue weighted by Gasteiger charge is 2.19. The minimum Gasteiger partial charge on any atom is -0.270 e. The number of rotatable bonds is 1. The van der Waals surface area contributed by atoms with E-state index in [4.69, 9.17) is 0 Å². The minimum atomic E-state index is 0.731. The first-order valence-corrected chi connectivity index (χ1v) is 4.87. The van der Waals surface area contributed by atoms with Crippen LogP contribution in [0.25, 0.3) is 0 Å². The molecular weight excluding hydrogens is 148 g/mol. The van der Waals surface area contributed by atoms with Crippen LogP contribution in [0.4, 0.5) is 0 Å². The summed E-state index contributed by atoms with van der Waals surface area (Å²) in [6, 6.07) is 0. The van der Waals surface area contributed by atoms with Crippen LogP contribution < -0.4 is 0 Å². The highest BCUT2D eigenvalue weighted by atomic mass is 15.3. The van der Waals surface area contributed by atoms with Crippen molar-refractivity contribution in [2.24, 2.45) is 0 Å². The van der Waals surface area contributed by atoms with E-state index in [1.165, 1.54) is 30.5 Å². The Morgan fingerprint density at radius 3 is 3.25 bits per heavy atom. The van der Waals surface area contributed by atoms with Crippen LogP contribution in [0.5, 0.6) is 0 Å². The maximum atomic E-state index is 4.38. The molecule has 0 N–H and O–H groups in total. The van der Waals surface area contributed by atoms with Crippen LogP contribution in [0.1, 0.15) is 43.9 Å². The van der Waals surface area contributed by atoms with Crippen molar-refractivity contribution in [1.82, 2.24) is 9.78 Å². The molecule has 1 heterocycles. The van der Waals surface area contributed by atoms with E-state index in [1.807, 2.05) is 0 Å². The van der Waals surface area contributed by atoms with Crippen LogP contribution in [0.3, 0.4) is 0 Å². The van der Waals surface area contributed by atoms with Gasteiger partial charge >= 0.3 is 0 Å². The number of nitrogens with zero attached hydrogens (tertiary/aromatic N) is 2. The van der Waals surface area contributed by atoms with E-state index in [9.17, 15) is 0 Å². The largest absolute Gasteiger partial charge is 0.270 e. The normalized spacial score (nSPS) is 22.3. The van der Waals surface area contributed by atoms with Gasteiger partial charge in [0.2, 0.25) is 0 Å². The lowest BCUT2D eigenvalue weighted by molar-refractivity contribution is 0.543. The van der Waals surface area contributed by atoms with Gasteiger partial charge in [-0.15, -0.1) is 0 Å². The number of fused-ring (bicyclic) bond motifs is 1. The van der Waals surface area contributed by atoms with Gasteiger partial charge < -0.3 is 0 Å². The van der Waals surface area contributed by atoms with Gasteiger partial charge in [-0.25, -0.2) is 0 Å². The van der Waals surface area contributed by atoms with Crippen molar-refractivity contribution in [1.29, 1.82) is 0 Å². The fourth-order valence-corrected chi connectivity index (χ4v) is 2.11. The molecule has 0 spiro atoms. The first-order chi connectivity index (χ1) is 5.83. The van der Waals surface area contributed by atoms with Gasteiger partial charge in [-0.05, 0) is 37.7 Å². The van der Waals surface area contributed by atoms with Gasteiger partial charge in [-0.3, -0.25) is 4.68 Å². The SMILES string of the molecule is CCn1ncc2c1CCCC2C. The van der Waals surface area contributed by atoms with Gasteiger partial charge in [-0.1, -0.05) is 6.92 Å². The summed E-state index contributed by atoms with van der Waals surface area (Å²) in [4.78, 5) is 0. The molecule has 0 saturated heterocycles. The predicted molar refractivity (Wildman–Crippen MR) is 49.3 cm³/mol. The first kappa shape index (κ1) is 7.84. The third-order valence-electron chi connectivity index (χ3n) is 2.86. The fraction of sp³-hybridized carbons (Fsp3) is 0.700. The molecule has 1 aromatic heterocycles. The molecule has 1 unspecified atom stereocenters. The monoisotopic (exact) mass is 164 g/mol. The predicted octanol–water partition coefficient (Wildman–Crippen LogP) is 2.34. The molecule has 1 aromatic rings. The molecule has 2 heteroatoms. The van der Waals surface area contributed by atoms with Gasteiger partial charge in [0, 0.05) is 12.2 Å². The number of aryl methyl sites for hydroxylation is 1. The van der Waals surface area contributed by atoms with Crippen LogP contribution in [-0.2, 0) is 13.0 Å². The van der Waals surface area contributed by atoms with E-state index in [-0.39, 0.29) is 0 Å². The molecule has 1 atom stereocenters. The minimum absolute atomic E-state index is 0.731. The highest BCUT2D eigenvalue weighted by Crippen LogP contribution is 2.30. The van der Waals surface area contributed by atoms with Crippen molar-refractivity contribution in [2.75, 3.05) is 0 Å². The molecule has 0 fully saturated rings. The summed E-state index contributed by atoms with van der Waals surface area (Å²) in [5.74, 6) is 0.731. The van der Waals surface area contributed by atoms with Gasteiger partial charge in [-0.2, -0.15) is 5.10 Å². The number of aromatic nitrogens is 2. The molecule has 66 valence electrons. The number of hydrogen-bond acceptors (Lipinski definition) is 1. The van der Waals surface area contributed by atoms with E-state index in [2.05, 4.69) is 29.8 Å². The average Bonchev–Trinajstić information content (AvgIpc) is 2.49. The summed E-state index contributed by atoms with van der Waals surface area (Å²) in [5, 5.41) is 4.38. The fourth-order valence-electron chi connectivity index (χ4n) is 2.11.